The van der Waals surface area contributed by atoms with Gasteiger partial charge in [-0.15, -0.1) is 0 Å². The Morgan fingerprint density at radius 1 is 1.22 bits per heavy atom. The molecule has 6 nitrogen and oxygen atoms in total. The fraction of sp³-hybridized carbons (Fsp3) is 0.235. The van der Waals surface area contributed by atoms with Crippen LogP contribution >= 0.6 is 0 Å². The van der Waals surface area contributed by atoms with Crippen LogP contribution in [0.2, 0.25) is 0 Å². The molecule has 0 aliphatic rings. The van der Waals surface area contributed by atoms with Gasteiger partial charge in [0, 0.05) is 24.7 Å². The molecule has 0 N–H and O–H groups in total. The molecule has 0 aromatic heterocycles. The fourth-order valence-electron chi connectivity index (χ4n) is 2.23. The maximum absolute atomic E-state index is 12.5. The third kappa shape index (κ3) is 3.66. The van der Waals surface area contributed by atoms with Crippen LogP contribution in [-0.2, 0) is 0 Å². The average molecular weight is 314 g/mol. The summed E-state index contributed by atoms with van der Waals surface area (Å²) in [6.07, 6.45) is 0. The monoisotopic (exact) mass is 314 g/mol. The first-order chi connectivity index (χ1) is 10.9. The van der Waals surface area contributed by atoms with Crippen LogP contribution in [0.1, 0.15) is 28.9 Å². The summed E-state index contributed by atoms with van der Waals surface area (Å²) in [5.41, 5.74) is 1.26. The lowest BCUT2D eigenvalue weighted by Gasteiger charge is -2.25. The van der Waals surface area contributed by atoms with Crippen molar-refractivity contribution in [2.45, 2.75) is 13.0 Å². The molecule has 2 rings (SSSR count). The Bertz CT molecular complexity index is 713. The first-order valence-corrected chi connectivity index (χ1v) is 7.09. The molecule has 1 atom stereocenters. The van der Waals surface area contributed by atoms with E-state index in [0.29, 0.717) is 16.9 Å². The highest BCUT2D eigenvalue weighted by molar-refractivity contribution is 5.94. The lowest BCUT2D eigenvalue weighted by Crippen LogP contribution is -2.29. The van der Waals surface area contributed by atoms with Crippen molar-refractivity contribution in [3.05, 3.63) is 69.8 Å². The summed E-state index contributed by atoms with van der Waals surface area (Å²) < 4.78 is 5.07. The summed E-state index contributed by atoms with van der Waals surface area (Å²) >= 11 is 0. The van der Waals surface area contributed by atoms with Gasteiger partial charge < -0.3 is 9.64 Å². The quantitative estimate of drug-likeness (QED) is 0.626. The molecular weight excluding hydrogens is 296 g/mol. The van der Waals surface area contributed by atoms with Gasteiger partial charge in [-0.2, -0.15) is 0 Å². The predicted octanol–water partition coefficient (Wildman–Crippen LogP) is 3.44. The minimum Gasteiger partial charge on any atom is -0.497 e. The van der Waals surface area contributed by atoms with Crippen LogP contribution in [0.25, 0.3) is 0 Å². The number of ether oxygens (including phenoxy) is 1. The van der Waals surface area contributed by atoms with Gasteiger partial charge >= 0.3 is 0 Å². The maximum Gasteiger partial charge on any atom is 0.269 e. The fourth-order valence-corrected chi connectivity index (χ4v) is 2.23. The Kier molecular flexibility index (Phi) is 4.95. The maximum atomic E-state index is 12.5. The summed E-state index contributed by atoms with van der Waals surface area (Å²) in [7, 11) is 3.24. The number of nitro benzene ring substituents is 1. The van der Waals surface area contributed by atoms with E-state index in [9.17, 15) is 14.9 Å². The van der Waals surface area contributed by atoms with Crippen LogP contribution in [-0.4, -0.2) is 29.9 Å². The zero-order valence-corrected chi connectivity index (χ0v) is 13.2. The molecule has 0 heterocycles. The third-order valence-corrected chi connectivity index (χ3v) is 3.80. The number of hydrogen-bond acceptors (Lipinski definition) is 4. The summed E-state index contributed by atoms with van der Waals surface area (Å²) in [5.74, 6) is 0.516. The van der Waals surface area contributed by atoms with E-state index in [2.05, 4.69) is 0 Å². The van der Waals surface area contributed by atoms with Crippen LogP contribution < -0.4 is 4.74 Å². The van der Waals surface area contributed by atoms with Gasteiger partial charge in [0.2, 0.25) is 0 Å². The molecule has 2 aromatic carbocycles. The Hall–Kier alpha value is -2.89. The van der Waals surface area contributed by atoms with E-state index in [1.807, 2.05) is 6.92 Å². The number of carbonyl (C=O) groups excluding carboxylic acids is 1. The molecule has 0 aliphatic carbocycles. The summed E-state index contributed by atoms with van der Waals surface area (Å²) in [6.45, 7) is 1.83. The third-order valence-electron chi connectivity index (χ3n) is 3.80. The number of amides is 1. The minimum atomic E-state index is -0.443. The molecular formula is C17H18N2O4. The SMILES string of the molecule is COc1ccc(C(=O)N(C)[C@H](C)c2cccc([N+](=O)[O-])c2)cc1. The molecule has 120 valence electrons. The zero-order chi connectivity index (χ0) is 17.0. The molecule has 0 unspecified atom stereocenters. The van der Waals surface area contributed by atoms with Gasteiger partial charge in [-0.3, -0.25) is 14.9 Å². The number of rotatable bonds is 5. The average Bonchev–Trinajstić information content (AvgIpc) is 2.60. The lowest BCUT2D eigenvalue weighted by molar-refractivity contribution is -0.384. The van der Waals surface area contributed by atoms with Crippen LogP contribution in [0, 0.1) is 10.1 Å². The molecule has 23 heavy (non-hydrogen) atoms. The normalized spacial score (nSPS) is 11.6. The van der Waals surface area contributed by atoms with Gasteiger partial charge in [0.25, 0.3) is 11.6 Å². The number of non-ortho nitro benzene ring substituents is 1. The topological polar surface area (TPSA) is 72.7 Å². The summed E-state index contributed by atoms with van der Waals surface area (Å²) in [6, 6.07) is 12.9. The van der Waals surface area contributed by atoms with Crippen molar-refractivity contribution in [2.24, 2.45) is 0 Å². The summed E-state index contributed by atoms with van der Waals surface area (Å²) in [4.78, 5) is 24.5. The van der Waals surface area contributed by atoms with Crippen LogP contribution in [0.4, 0.5) is 5.69 Å². The van der Waals surface area contributed by atoms with E-state index < -0.39 is 4.92 Å². The molecule has 0 fully saturated rings. The zero-order valence-electron chi connectivity index (χ0n) is 13.2. The van der Waals surface area contributed by atoms with Gasteiger partial charge in [-0.05, 0) is 36.8 Å². The van der Waals surface area contributed by atoms with E-state index in [-0.39, 0.29) is 17.6 Å². The molecule has 0 saturated carbocycles. The Morgan fingerprint density at radius 3 is 2.43 bits per heavy atom. The molecule has 0 aliphatic heterocycles. The smallest absolute Gasteiger partial charge is 0.269 e. The van der Waals surface area contributed by atoms with E-state index in [0.717, 1.165) is 0 Å². The highest BCUT2D eigenvalue weighted by Gasteiger charge is 2.20. The van der Waals surface area contributed by atoms with Gasteiger partial charge in [0.05, 0.1) is 18.1 Å². The second-order valence-electron chi connectivity index (χ2n) is 5.17. The van der Waals surface area contributed by atoms with Crippen molar-refractivity contribution in [1.29, 1.82) is 0 Å². The van der Waals surface area contributed by atoms with Crippen molar-refractivity contribution >= 4 is 11.6 Å². The number of nitrogens with zero attached hydrogens (tertiary/aromatic N) is 2. The van der Waals surface area contributed by atoms with Gasteiger partial charge in [-0.25, -0.2) is 0 Å². The van der Waals surface area contributed by atoms with Crippen molar-refractivity contribution in [2.75, 3.05) is 14.2 Å². The van der Waals surface area contributed by atoms with E-state index >= 15 is 0 Å². The second kappa shape index (κ2) is 6.91. The van der Waals surface area contributed by atoms with Crippen molar-refractivity contribution in [3.63, 3.8) is 0 Å². The number of carbonyl (C=O) groups is 1. The molecule has 1 amide bonds. The number of nitro groups is 1. The molecule has 6 heteroatoms. The summed E-state index contributed by atoms with van der Waals surface area (Å²) in [5, 5.41) is 10.9. The minimum absolute atomic E-state index is 0.0136. The number of hydrogen-bond donors (Lipinski definition) is 0. The van der Waals surface area contributed by atoms with Crippen molar-refractivity contribution in [1.82, 2.24) is 4.90 Å². The van der Waals surface area contributed by atoms with Crippen LogP contribution in [0.15, 0.2) is 48.5 Å². The number of methoxy groups -OCH3 is 1. The molecule has 0 bridgehead atoms. The lowest BCUT2D eigenvalue weighted by atomic mass is 10.1. The largest absolute Gasteiger partial charge is 0.497 e. The van der Waals surface area contributed by atoms with Gasteiger partial charge in [0.15, 0.2) is 0 Å². The Morgan fingerprint density at radius 2 is 1.87 bits per heavy atom. The van der Waals surface area contributed by atoms with Crippen LogP contribution in [0.3, 0.4) is 0 Å². The molecule has 2 aromatic rings. The first-order valence-electron chi connectivity index (χ1n) is 7.09. The molecule has 0 spiro atoms. The predicted molar refractivity (Wildman–Crippen MR) is 86.6 cm³/mol. The van der Waals surface area contributed by atoms with Crippen molar-refractivity contribution in [3.8, 4) is 5.75 Å². The van der Waals surface area contributed by atoms with Gasteiger partial charge in [-0.1, -0.05) is 12.1 Å². The molecule has 0 saturated heterocycles. The standard InChI is InChI=1S/C17H18N2O4/c1-12(14-5-4-6-15(11-14)19(21)22)18(2)17(20)13-7-9-16(23-3)10-8-13/h4-12H,1-3H3/t12-/m1/s1. The van der Waals surface area contributed by atoms with E-state index in [4.69, 9.17) is 4.74 Å². The molecule has 0 radical (unpaired) electrons. The van der Waals surface area contributed by atoms with E-state index in [1.54, 1.807) is 55.5 Å². The highest BCUT2D eigenvalue weighted by Crippen LogP contribution is 2.24. The number of benzene rings is 2. The second-order valence-corrected chi connectivity index (χ2v) is 5.17. The van der Waals surface area contributed by atoms with E-state index in [1.165, 1.54) is 12.1 Å². The van der Waals surface area contributed by atoms with Crippen molar-refractivity contribution < 1.29 is 14.5 Å². The highest BCUT2D eigenvalue weighted by atomic mass is 16.6. The Balaban J connectivity index is 2.20. The first kappa shape index (κ1) is 16.5. The Labute approximate surface area is 134 Å². The van der Waals surface area contributed by atoms with Gasteiger partial charge in [0.1, 0.15) is 5.75 Å². The van der Waals surface area contributed by atoms with Crippen LogP contribution in [0.5, 0.6) is 5.75 Å².